The quantitative estimate of drug-likeness (QED) is 0.879. The highest BCUT2D eigenvalue weighted by Gasteiger charge is 2.34. The zero-order chi connectivity index (χ0) is 15.0. The van der Waals surface area contributed by atoms with Gasteiger partial charge < -0.3 is 14.5 Å². The van der Waals surface area contributed by atoms with E-state index < -0.39 is 0 Å². The van der Waals surface area contributed by atoms with Gasteiger partial charge >= 0.3 is 0 Å². The van der Waals surface area contributed by atoms with Gasteiger partial charge in [0.2, 0.25) is 0 Å². The van der Waals surface area contributed by atoms with E-state index in [2.05, 4.69) is 10.1 Å². The molecule has 2 atom stereocenters. The van der Waals surface area contributed by atoms with Gasteiger partial charge in [0.05, 0.1) is 11.8 Å². The summed E-state index contributed by atoms with van der Waals surface area (Å²) in [6.45, 7) is 6.64. The third kappa shape index (κ3) is 2.70. The molecule has 1 aromatic heterocycles. The van der Waals surface area contributed by atoms with Crippen LogP contribution >= 0.6 is 0 Å². The first kappa shape index (κ1) is 14.5. The Labute approximate surface area is 124 Å². The van der Waals surface area contributed by atoms with E-state index in [0.717, 1.165) is 32.4 Å². The van der Waals surface area contributed by atoms with E-state index in [1.165, 1.54) is 0 Å². The van der Waals surface area contributed by atoms with Crippen LogP contribution in [-0.4, -0.2) is 64.3 Å². The largest absolute Gasteiger partial charge is 0.391 e. The lowest BCUT2D eigenvalue weighted by Crippen LogP contribution is -2.53. The Morgan fingerprint density at radius 2 is 1.95 bits per heavy atom. The summed E-state index contributed by atoms with van der Waals surface area (Å²) in [5.74, 6) is 0.601. The van der Waals surface area contributed by atoms with Crippen molar-refractivity contribution in [2.45, 2.75) is 45.3 Å². The van der Waals surface area contributed by atoms with Crippen LogP contribution in [0.2, 0.25) is 0 Å². The fourth-order valence-electron chi connectivity index (χ4n) is 3.55. The minimum atomic E-state index is -0.199. The molecule has 2 fully saturated rings. The fraction of sp³-hybridized carbons (Fsp3) is 0.733. The lowest BCUT2D eigenvalue weighted by molar-refractivity contribution is 0.0314. The summed E-state index contributed by atoms with van der Waals surface area (Å²) in [5, 5.41) is 13.9. The van der Waals surface area contributed by atoms with Gasteiger partial charge in [-0.15, -0.1) is 0 Å². The standard InChI is InChI=1S/C15H23N3O3/c1-10-14(11(2)21-16-10)15(20)18-8-6-17(7-9-18)12-4-3-5-13(12)19/h12-13,19H,3-9H2,1-2H3/t12-,13+/m0/s1. The number of rotatable bonds is 2. The van der Waals surface area contributed by atoms with E-state index >= 15 is 0 Å². The van der Waals surface area contributed by atoms with Crippen LogP contribution in [0.5, 0.6) is 0 Å². The lowest BCUT2D eigenvalue weighted by atomic mass is 10.1. The predicted octanol–water partition coefficient (Wildman–Crippen LogP) is 0.963. The smallest absolute Gasteiger partial charge is 0.259 e. The highest BCUT2D eigenvalue weighted by atomic mass is 16.5. The second kappa shape index (κ2) is 5.77. The summed E-state index contributed by atoms with van der Waals surface area (Å²) in [7, 11) is 0. The number of nitrogens with zero attached hydrogens (tertiary/aromatic N) is 3. The maximum atomic E-state index is 12.6. The van der Waals surface area contributed by atoms with Crippen molar-refractivity contribution in [3.8, 4) is 0 Å². The SMILES string of the molecule is Cc1noc(C)c1C(=O)N1CCN([C@H]2CCC[C@H]2O)CC1. The first-order chi connectivity index (χ1) is 10.1. The number of aryl methyl sites for hydroxylation is 2. The number of carbonyl (C=O) groups excluding carboxylic acids is 1. The first-order valence-electron chi connectivity index (χ1n) is 7.72. The summed E-state index contributed by atoms with van der Waals surface area (Å²) in [5.41, 5.74) is 1.26. The Hall–Kier alpha value is -1.40. The number of aromatic nitrogens is 1. The average molecular weight is 293 g/mol. The van der Waals surface area contributed by atoms with Crippen LogP contribution < -0.4 is 0 Å². The van der Waals surface area contributed by atoms with E-state index in [1.54, 1.807) is 13.8 Å². The van der Waals surface area contributed by atoms with E-state index in [9.17, 15) is 9.90 Å². The summed E-state index contributed by atoms with van der Waals surface area (Å²) in [6, 6.07) is 0.279. The van der Waals surface area contributed by atoms with Crippen LogP contribution in [0, 0.1) is 13.8 Å². The molecule has 1 aromatic rings. The lowest BCUT2D eigenvalue weighted by Gasteiger charge is -2.39. The van der Waals surface area contributed by atoms with Crippen molar-refractivity contribution in [3.63, 3.8) is 0 Å². The third-order valence-corrected chi connectivity index (χ3v) is 4.76. The topological polar surface area (TPSA) is 69.8 Å². The number of aliphatic hydroxyl groups is 1. The molecule has 1 N–H and O–H groups in total. The minimum Gasteiger partial charge on any atom is -0.391 e. The van der Waals surface area contributed by atoms with E-state index in [4.69, 9.17) is 4.52 Å². The molecule has 0 spiro atoms. The van der Waals surface area contributed by atoms with Crippen molar-refractivity contribution in [2.24, 2.45) is 0 Å². The summed E-state index contributed by atoms with van der Waals surface area (Å²) in [4.78, 5) is 16.7. The molecule has 116 valence electrons. The molecular weight excluding hydrogens is 270 g/mol. The van der Waals surface area contributed by atoms with Gasteiger partial charge in [-0.25, -0.2) is 0 Å². The van der Waals surface area contributed by atoms with E-state index in [-0.39, 0.29) is 18.1 Å². The third-order valence-electron chi connectivity index (χ3n) is 4.76. The molecule has 1 aliphatic carbocycles. The molecule has 6 nitrogen and oxygen atoms in total. The minimum absolute atomic E-state index is 0.0119. The van der Waals surface area contributed by atoms with Gasteiger partial charge in [-0.05, 0) is 33.1 Å². The first-order valence-corrected chi connectivity index (χ1v) is 7.72. The van der Waals surface area contributed by atoms with Gasteiger partial charge in [-0.3, -0.25) is 9.69 Å². The van der Waals surface area contributed by atoms with Crippen LogP contribution in [0.4, 0.5) is 0 Å². The molecule has 1 aliphatic heterocycles. The Morgan fingerprint density at radius 3 is 2.48 bits per heavy atom. The molecule has 0 radical (unpaired) electrons. The highest BCUT2D eigenvalue weighted by molar-refractivity contribution is 5.96. The number of carbonyl (C=O) groups is 1. The molecule has 2 heterocycles. The molecule has 2 aliphatic rings. The van der Waals surface area contributed by atoms with Crippen LogP contribution in [0.15, 0.2) is 4.52 Å². The summed E-state index contributed by atoms with van der Waals surface area (Å²) in [6.07, 6.45) is 2.88. The number of aliphatic hydroxyl groups excluding tert-OH is 1. The van der Waals surface area contributed by atoms with Crippen LogP contribution in [0.3, 0.4) is 0 Å². The van der Waals surface area contributed by atoms with E-state index in [0.29, 0.717) is 30.1 Å². The maximum Gasteiger partial charge on any atom is 0.259 e. The summed E-state index contributed by atoms with van der Waals surface area (Å²) < 4.78 is 5.08. The number of hydrogen-bond acceptors (Lipinski definition) is 5. The number of piperazine rings is 1. The summed E-state index contributed by atoms with van der Waals surface area (Å²) >= 11 is 0. The number of amides is 1. The van der Waals surface area contributed by atoms with Gasteiger partial charge in [-0.2, -0.15) is 0 Å². The van der Waals surface area contributed by atoms with Gasteiger partial charge in [0.15, 0.2) is 0 Å². The Bertz CT molecular complexity index is 501. The van der Waals surface area contributed by atoms with Crippen molar-refractivity contribution < 1.29 is 14.4 Å². The van der Waals surface area contributed by atoms with Crippen LogP contribution in [0.1, 0.15) is 41.1 Å². The van der Waals surface area contributed by atoms with Crippen molar-refractivity contribution >= 4 is 5.91 Å². The molecule has 1 saturated carbocycles. The second-order valence-corrected chi connectivity index (χ2v) is 6.09. The molecule has 0 aromatic carbocycles. The van der Waals surface area contributed by atoms with Crippen molar-refractivity contribution in [3.05, 3.63) is 17.0 Å². The van der Waals surface area contributed by atoms with Gasteiger partial charge in [0.1, 0.15) is 11.3 Å². The molecule has 1 amide bonds. The number of hydrogen-bond donors (Lipinski definition) is 1. The Balaban J connectivity index is 1.62. The fourth-order valence-corrected chi connectivity index (χ4v) is 3.55. The van der Waals surface area contributed by atoms with Gasteiger partial charge in [0.25, 0.3) is 5.91 Å². The van der Waals surface area contributed by atoms with Crippen molar-refractivity contribution in [1.29, 1.82) is 0 Å². The molecule has 0 unspecified atom stereocenters. The second-order valence-electron chi connectivity index (χ2n) is 6.09. The predicted molar refractivity (Wildman–Crippen MR) is 77.1 cm³/mol. The maximum absolute atomic E-state index is 12.6. The Kier molecular flexibility index (Phi) is 3.99. The molecular formula is C15H23N3O3. The van der Waals surface area contributed by atoms with Crippen LogP contribution in [-0.2, 0) is 0 Å². The highest BCUT2D eigenvalue weighted by Crippen LogP contribution is 2.25. The zero-order valence-corrected chi connectivity index (χ0v) is 12.7. The molecule has 1 saturated heterocycles. The van der Waals surface area contributed by atoms with Gasteiger partial charge in [0, 0.05) is 32.2 Å². The van der Waals surface area contributed by atoms with Crippen molar-refractivity contribution in [1.82, 2.24) is 15.0 Å². The van der Waals surface area contributed by atoms with Gasteiger partial charge in [-0.1, -0.05) is 5.16 Å². The monoisotopic (exact) mass is 293 g/mol. The molecule has 21 heavy (non-hydrogen) atoms. The molecule has 0 bridgehead atoms. The Morgan fingerprint density at radius 1 is 1.24 bits per heavy atom. The molecule has 6 heteroatoms. The normalized spacial score (nSPS) is 27.3. The average Bonchev–Trinajstić information content (AvgIpc) is 3.05. The van der Waals surface area contributed by atoms with Crippen LogP contribution in [0.25, 0.3) is 0 Å². The zero-order valence-electron chi connectivity index (χ0n) is 12.7. The van der Waals surface area contributed by atoms with E-state index in [1.807, 2.05) is 4.90 Å². The van der Waals surface area contributed by atoms with Crippen molar-refractivity contribution in [2.75, 3.05) is 26.2 Å². The molecule has 3 rings (SSSR count).